The fourth-order valence-corrected chi connectivity index (χ4v) is 1.92. The van der Waals surface area contributed by atoms with E-state index in [2.05, 4.69) is 0 Å². The summed E-state index contributed by atoms with van der Waals surface area (Å²) in [7, 11) is 0. The van der Waals surface area contributed by atoms with Crippen LogP contribution < -0.4 is 5.73 Å². The van der Waals surface area contributed by atoms with Crippen molar-refractivity contribution >= 4 is 22.6 Å². The third kappa shape index (κ3) is 1.65. The molecule has 0 amide bonds. The lowest BCUT2D eigenvalue weighted by atomic mass is 10.1. The third-order valence-electron chi connectivity index (χ3n) is 2.47. The Morgan fingerprint density at radius 1 is 1.50 bits per heavy atom. The highest BCUT2D eigenvalue weighted by molar-refractivity contribution is 6.35. The first-order valence-electron chi connectivity index (χ1n) is 4.84. The van der Waals surface area contributed by atoms with Crippen LogP contribution in [0, 0.1) is 6.92 Å². The van der Waals surface area contributed by atoms with E-state index in [4.69, 9.17) is 21.8 Å². The topological polar surface area (TPSA) is 79.6 Å². The molecule has 0 aliphatic heterocycles. The van der Waals surface area contributed by atoms with Crippen LogP contribution in [0.4, 0.5) is 0 Å². The lowest BCUT2D eigenvalue weighted by Crippen LogP contribution is -2.11. The molecule has 0 saturated heterocycles. The van der Waals surface area contributed by atoms with Gasteiger partial charge in [0, 0.05) is 17.5 Å². The van der Waals surface area contributed by atoms with Gasteiger partial charge in [0.2, 0.25) is 0 Å². The maximum atomic E-state index is 9.92. The standard InChI is InChI=1S/C11H12ClNO3/c1-5-2-6-8(12)3-7(9(14)4-13)10(15)11(6)16-5/h2-3,9,14-15H,4,13H2,1H3. The molecule has 0 aliphatic carbocycles. The molecule has 4 nitrogen and oxygen atoms in total. The largest absolute Gasteiger partial charge is 0.504 e. The summed E-state index contributed by atoms with van der Waals surface area (Å²) >= 11 is 6.03. The third-order valence-corrected chi connectivity index (χ3v) is 2.78. The van der Waals surface area contributed by atoms with Crippen LogP contribution in [0.5, 0.6) is 5.75 Å². The summed E-state index contributed by atoms with van der Waals surface area (Å²) in [6, 6.07) is 3.24. The van der Waals surface area contributed by atoms with Crippen LogP contribution in [0.2, 0.25) is 5.02 Å². The molecule has 86 valence electrons. The molecule has 0 bridgehead atoms. The molecule has 1 unspecified atom stereocenters. The molecular formula is C11H12ClNO3. The molecule has 16 heavy (non-hydrogen) atoms. The van der Waals surface area contributed by atoms with Crippen LogP contribution in [0.15, 0.2) is 16.5 Å². The Hall–Kier alpha value is -1.23. The van der Waals surface area contributed by atoms with Gasteiger partial charge in [0.05, 0.1) is 11.1 Å². The Kier molecular flexibility index (Phi) is 2.80. The average molecular weight is 242 g/mol. The molecule has 4 N–H and O–H groups in total. The maximum Gasteiger partial charge on any atom is 0.177 e. The lowest BCUT2D eigenvalue weighted by molar-refractivity contribution is 0.182. The predicted molar refractivity (Wildman–Crippen MR) is 61.6 cm³/mol. The van der Waals surface area contributed by atoms with Crippen molar-refractivity contribution in [3.05, 3.63) is 28.5 Å². The molecule has 0 saturated carbocycles. The molecular weight excluding hydrogens is 230 g/mol. The van der Waals surface area contributed by atoms with Gasteiger partial charge in [0.1, 0.15) is 5.76 Å². The zero-order chi connectivity index (χ0) is 11.9. The molecule has 2 aromatic rings. The highest BCUT2D eigenvalue weighted by Crippen LogP contribution is 2.38. The summed E-state index contributed by atoms with van der Waals surface area (Å²) in [5.74, 6) is 0.539. The van der Waals surface area contributed by atoms with Gasteiger partial charge >= 0.3 is 0 Å². The number of rotatable bonds is 2. The van der Waals surface area contributed by atoms with Gasteiger partial charge in [-0.05, 0) is 19.1 Å². The van der Waals surface area contributed by atoms with Crippen molar-refractivity contribution in [1.82, 2.24) is 0 Å². The number of aryl methyl sites for hydroxylation is 1. The smallest absolute Gasteiger partial charge is 0.177 e. The fraction of sp³-hybridized carbons (Fsp3) is 0.273. The fourth-order valence-electron chi connectivity index (χ4n) is 1.66. The second kappa shape index (κ2) is 3.97. The van der Waals surface area contributed by atoms with Crippen molar-refractivity contribution in [3.8, 4) is 5.75 Å². The minimum absolute atomic E-state index is 0.00901. The van der Waals surface area contributed by atoms with Crippen LogP contribution in [0.1, 0.15) is 17.4 Å². The summed E-state index contributed by atoms with van der Waals surface area (Å²) in [6.07, 6.45) is -0.952. The van der Waals surface area contributed by atoms with E-state index in [9.17, 15) is 10.2 Å². The first-order chi connectivity index (χ1) is 7.54. The van der Waals surface area contributed by atoms with Gasteiger partial charge in [-0.3, -0.25) is 0 Å². The molecule has 0 spiro atoms. The van der Waals surface area contributed by atoms with Gasteiger partial charge in [-0.25, -0.2) is 0 Å². The highest BCUT2D eigenvalue weighted by atomic mass is 35.5. The molecule has 1 aromatic heterocycles. The first kappa shape index (κ1) is 11.3. The molecule has 0 aliphatic rings. The number of phenols is 1. The lowest BCUT2D eigenvalue weighted by Gasteiger charge is -2.11. The molecule has 5 heteroatoms. The maximum absolute atomic E-state index is 9.92. The molecule has 0 fully saturated rings. The highest BCUT2D eigenvalue weighted by Gasteiger charge is 2.18. The number of benzene rings is 1. The zero-order valence-corrected chi connectivity index (χ0v) is 9.45. The van der Waals surface area contributed by atoms with Crippen molar-refractivity contribution < 1.29 is 14.6 Å². The van der Waals surface area contributed by atoms with Gasteiger partial charge in [0.15, 0.2) is 11.3 Å². The van der Waals surface area contributed by atoms with E-state index >= 15 is 0 Å². The summed E-state index contributed by atoms with van der Waals surface area (Å²) in [5.41, 5.74) is 5.91. The average Bonchev–Trinajstić information content (AvgIpc) is 2.65. The molecule has 1 heterocycles. The number of hydrogen-bond donors (Lipinski definition) is 3. The SMILES string of the molecule is Cc1cc2c(Cl)cc(C(O)CN)c(O)c2o1. The number of aliphatic hydroxyl groups excluding tert-OH is 1. The number of fused-ring (bicyclic) bond motifs is 1. The van der Waals surface area contributed by atoms with E-state index in [-0.39, 0.29) is 23.4 Å². The van der Waals surface area contributed by atoms with Crippen LogP contribution in [0.25, 0.3) is 11.0 Å². The van der Waals surface area contributed by atoms with Crippen LogP contribution in [0.3, 0.4) is 0 Å². The van der Waals surface area contributed by atoms with Crippen LogP contribution in [-0.2, 0) is 0 Å². The molecule has 1 atom stereocenters. The van der Waals surface area contributed by atoms with Crippen molar-refractivity contribution in [2.75, 3.05) is 6.54 Å². The first-order valence-corrected chi connectivity index (χ1v) is 5.22. The Labute approximate surface area is 97.2 Å². The second-order valence-corrected chi connectivity index (χ2v) is 4.05. The van der Waals surface area contributed by atoms with Crippen LogP contribution >= 0.6 is 11.6 Å². The number of hydrogen-bond acceptors (Lipinski definition) is 4. The summed E-state index contributed by atoms with van der Waals surface area (Å²) in [4.78, 5) is 0. The predicted octanol–water partition coefficient (Wildman–Crippen LogP) is 2.09. The number of phenolic OH excluding ortho intramolecular Hbond substituents is 1. The number of halogens is 1. The molecule has 0 radical (unpaired) electrons. The number of nitrogens with two attached hydrogens (primary N) is 1. The van der Waals surface area contributed by atoms with E-state index in [0.717, 1.165) is 0 Å². The van der Waals surface area contributed by atoms with Gasteiger partial charge < -0.3 is 20.4 Å². The van der Waals surface area contributed by atoms with E-state index in [1.165, 1.54) is 6.07 Å². The number of furan rings is 1. The van der Waals surface area contributed by atoms with E-state index in [1.54, 1.807) is 13.0 Å². The Morgan fingerprint density at radius 2 is 2.19 bits per heavy atom. The Bertz CT molecular complexity index is 535. The Morgan fingerprint density at radius 3 is 2.81 bits per heavy atom. The quantitative estimate of drug-likeness (QED) is 0.752. The van der Waals surface area contributed by atoms with Gasteiger partial charge in [0.25, 0.3) is 0 Å². The molecule has 2 rings (SSSR count). The summed E-state index contributed by atoms with van der Waals surface area (Å²) < 4.78 is 5.33. The monoisotopic (exact) mass is 241 g/mol. The van der Waals surface area contributed by atoms with E-state index in [0.29, 0.717) is 16.2 Å². The number of aliphatic hydroxyl groups is 1. The van der Waals surface area contributed by atoms with Crippen molar-refractivity contribution in [3.63, 3.8) is 0 Å². The van der Waals surface area contributed by atoms with E-state index < -0.39 is 6.10 Å². The second-order valence-electron chi connectivity index (χ2n) is 3.65. The van der Waals surface area contributed by atoms with E-state index in [1.807, 2.05) is 0 Å². The number of aromatic hydroxyl groups is 1. The van der Waals surface area contributed by atoms with Gasteiger partial charge in [-0.15, -0.1) is 0 Å². The normalized spacial score (nSPS) is 13.2. The van der Waals surface area contributed by atoms with Crippen molar-refractivity contribution in [2.45, 2.75) is 13.0 Å². The summed E-state index contributed by atoms with van der Waals surface area (Å²) in [6.45, 7) is 1.77. The zero-order valence-electron chi connectivity index (χ0n) is 8.70. The summed E-state index contributed by atoms with van der Waals surface area (Å²) in [5, 5.41) is 20.6. The van der Waals surface area contributed by atoms with Crippen molar-refractivity contribution in [1.29, 1.82) is 0 Å². The van der Waals surface area contributed by atoms with Crippen LogP contribution in [-0.4, -0.2) is 16.8 Å². The van der Waals surface area contributed by atoms with Gasteiger partial charge in [-0.2, -0.15) is 0 Å². The Balaban J connectivity index is 2.74. The minimum atomic E-state index is -0.952. The van der Waals surface area contributed by atoms with Crippen molar-refractivity contribution in [2.24, 2.45) is 5.73 Å². The minimum Gasteiger partial charge on any atom is -0.504 e. The van der Waals surface area contributed by atoms with Gasteiger partial charge in [-0.1, -0.05) is 11.6 Å². The molecule has 1 aromatic carbocycles.